The van der Waals surface area contributed by atoms with Crippen molar-refractivity contribution in [2.75, 3.05) is 12.8 Å². The van der Waals surface area contributed by atoms with Crippen LogP contribution in [-0.4, -0.2) is 16.9 Å². The molecule has 0 bridgehead atoms. The summed E-state index contributed by atoms with van der Waals surface area (Å²) >= 11 is 0. The Morgan fingerprint density at radius 2 is 1.83 bits per heavy atom. The maximum atomic E-state index is 12.8. The van der Waals surface area contributed by atoms with Crippen LogP contribution in [0.15, 0.2) is 30.3 Å². The molecule has 0 saturated heterocycles. The summed E-state index contributed by atoms with van der Waals surface area (Å²) in [5.74, 6) is -1.03. The van der Waals surface area contributed by atoms with Gasteiger partial charge in [0.1, 0.15) is 5.82 Å². The molecule has 2 aromatic rings. The van der Waals surface area contributed by atoms with Crippen LogP contribution in [0.3, 0.4) is 0 Å². The van der Waals surface area contributed by atoms with Crippen LogP contribution in [0.5, 0.6) is 5.88 Å². The number of aromatic nitrogens is 2. The normalized spacial score (nSPS) is 11.6. The monoisotopic (exact) mass is 257 g/mol. The lowest BCUT2D eigenvalue weighted by Crippen LogP contribution is -2.10. The number of hydrogen-bond donors (Lipinski definition) is 1. The van der Waals surface area contributed by atoms with Gasteiger partial charge in [0.05, 0.1) is 12.8 Å². The molecule has 1 heterocycles. The Balaban J connectivity index is 2.62. The van der Waals surface area contributed by atoms with Gasteiger partial charge in [-0.2, -0.15) is 13.2 Å². The molecule has 7 heteroatoms. The van der Waals surface area contributed by atoms with Gasteiger partial charge >= 0.3 is 6.18 Å². The third kappa shape index (κ3) is 1.99. The summed E-state index contributed by atoms with van der Waals surface area (Å²) in [4.78, 5) is 0. The quantitative estimate of drug-likeness (QED) is 0.899. The molecule has 0 radical (unpaired) electrons. The fourth-order valence-corrected chi connectivity index (χ4v) is 1.59. The average Bonchev–Trinajstić information content (AvgIpc) is 2.67. The molecule has 2 N–H and O–H groups in total. The highest BCUT2D eigenvalue weighted by atomic mass is 19.4. The lowest BCUT2D eigenvalue weighted by Gasteiger charge is -2.07. The first-order valence-electron chi connectivity index (χ1n) is 5.00. The first kappa shape index (κ1) is 12.3. The summed E-state index contributed by atoms with van der Waals surface area (Å²) in [5.41, 5.74) is 4.87. The van der Waals surface area contributed by atoms with Crippen LogP contribution in [0.1, 0.15) is 5.56 Å². The van der Waals surface area contributed by atoms with Crippen LogP contribution < -0.4 is 10.5 Å². The first-order valence-corrected chi connectivity index (χ1v) is 5.00. The maximum absolute atomic E-state index is 12.8. The number of anilines is 1. The minimum atomic E-state index is -4.61. The molecular weight excluding hydrogens is 247 g/mol. The standard InChI is InChI=1S/C11H10F3N3O/c1-18-10-8(11(12,13)14)9(15)17(16-10)7-5-3-2-4-6-7/h2-6H,15H2,1H3. The van der Waals surface area contributed by atoms with Crippen LogP contribution in [0.25, 0.3) is 5.69 Å². The maximum Gasteiger partial charge on any atom is 0.425 e. The highest BCUT2D eigenvalue weighted by Gasteiger charge is 2.40. The van der Waals surface area contributed by atoms with Crippen molar-refractivity contribution in [3.05, 3.63) is 35.9 Å². The Morgan fingerprint density at radius 3 is 2.28 bits per heavy atom. The number of nitrogens with two attached hydrogens (primary N) is 1. The number of hydrogen-bond acceptors (Lipinski definition) is 3. The summed E-state index contributed by atoms with van der Waals surface area (Å²) in [6.45, 7) is 0. The number of halogens is 3. The van der Waals surface area contributed by atoms with E-state index in [1.807, 2.05) is 0 Å². The molecule has 18 heavy (non-hydrogen) atoms. The minimum absolute atomic E-state index is 0.434. The van der Waals surface area contributed by atoms with E-state index >= 15 is 0 Å². The van der Waals surface area contributed by atoms with Gasteiger partial charge in [0, 0.05) is 0 Å². The summed E-state index contributed by atoms with van der Waals surface area (Å²) in [6.07, 6.45) is -4.61. The number of rotatable bonds is 2. The van der Waals surface area contributed by atoms with Gasteiger partial charge in [-0.05, 0) is 12.1 Å². The van der Waals surface area contributed by atoms with Gasteiger partial charge in [-0.1, -0.05) is 18.2 Å². The number of nitrogens with zero attached hydrogens (tertiary/aromatic N) is 2. The van der Waals surface area contributed by atoms with Gasteiger partial charge < -0.3 is 10.5 Å². The summed E-state index contributed by atoms with van der Waals surface area (Å²) in [5, 5.41) is 3.71. The highest BCUT2D eigenvalue weighted by Crippen LogP contribution is 2.40. The Hall–Kier alpha value is -2.18. The van der Waals surface area contributed by atoms with Crippen molar-refractivity contribution >= 4 is 5.82 Å². The number of benzene rings is 1. The highest BCUT2D eigenvalue weighted by molar-refractivity contribution is 5.53. The molecule has 4 nitrogen and oxygen atoms in total. The van der Waals surface area contributed by atoms with Gasteiger partial charge in [-0.25, -0.2) is 4.68 Å². The molecule has 1 aromatic heterocycles. The third-order valence-electron chi connectivity index (χ3n) is 2.37. The van der Waals surface area contributed by atoms with Crippen molar-refractivity contribution in [2.45, 2.75) is 6.18 Å². The number of ether oxygens (including phenoxy) is 1. The van der Waals surface area contributed by atoms with Crippen molar-refractivity contribution in [2.24, 2.45) is 0 Å². The van der Waals surface area contributed by atoms with Gasteiger partial charge in [0.15, 0.2) is 5.56 Å². The van der Waals surface area contributed by atoms with E-state index < -0.39 is 23.4 Å². The number of nitrogen functional groups attached to an aromatic ring is 1. The molecular formula is C11H10F3N3O. The molecule has 96 valence electrons. The largest absolute Gasteiger partial charge is 0.479 e. The fraction of sp³-hybridized carbons (Fsp3) is 0.182. The molecule has 1 aromatic carbocycles. The van der Waals surface area contributed by atoms with E-state index in [0.29, 0.717) is 5.69 Å². The lowest BCUT2D eigenvalue weighted by molar-refractivity contribution is -0.138. The van der Waals surface area contributed by atoms with E-state index in [-0.39, 0.29) is 0 Å². The second-order valence-corrected chi connectivity index (χ2v) is 3.51. The molecule has 0 fully saturated rings. The molecule has 0 aliphatic rings. The van der Waals surface area contributed by atoms with E-state index in [0.717, 1.165) is 11.8 Å². The zero-order chi connectivity index (χ0) is 13.3. The van der Waals surface area contributed by atoms with Crippen molar-refractivity contribution < 1.29 is 17.9 Å². The molecule has 0 saturated carbocycles. The number of alkyl halides is 3. The van der Waals surface area contributed by atoms with E-state index in [1.54, 1.807) is 30.3 Å². The van der Waals surface area contributed by atoms with Gasteiger partial charge in [-0.3, -0.25) is 0 Å². The van der Waals surface area contributed by atoms with E-state index in [4.69, 9.17) is 5.73 Å². The van der Waals surface area contributed by atoms with Crippen LogP contribution >= 0.6 is 0 Å². The Kier molecular flexibility index (Phi) is 2.90. The second kappa shape index (κ2) is 4.25. The van der Waals surface area contributed by atoms with Gasteiger partial charge in [0.2, 0.25) is 5.88 Å². The SMILES string of the molecule is COc1nn(-c2ccccc2)c(N)c1C(F)(F)F. The van der Waals surface area contributed by atoms with Gasteiger partial charge in [0.25, 0.3) is 0 Å². The van der Waals surface area contributed by atoms with Crippen molar-refractivity contribution in [1.29, 1.82) is 0 Å². The van der Waals surface area contributed by atoms with E-state index in [1.165, 1.54) is 0 Å². The summed E-state index contributed by atoms with van der Waals surface area (Å²) in [7, 11) is 1.12. The molecule has 0 amide bonds. The van der Waals surface area contributed by atoms with Crippen LogP contribution in [0.2, 0.25) is 0 Å². The third-order valence-corrected chi connectivity index (χ3v) is 2.37. The van der Waals surface area contributed by atoms with Crippen LogP contribution in [0, 0.1) is 0 Å². The summed E-state index contributed by atoms with van der Waals surface area (Å²) in [6, 6.07) is 8.30. The zero-order valence-electron chi connectivity index (χ0n) is 9.40. The molecule has 0 aliphatic heterocycles. The van der Waals surface area contributed by atoms with E-state index in [9.17, 15) is 13.2 Å². The molecule has 2 rings (SSSR count). The Morgan fingerprint density at radius 1 is 1.22 bits per heavy atom. The first-order chi connectivity index (χ1) is 8.45. The molecule has 0 aliphatic carbocycles. The lowest BCUT2D eigenvalue weighted by atomic mass is 10.3. The van der Waals surface area contributed by atoms with Crippen molar-refractivity contribution in [1.82, 2.24) is 9.78 Å². The van der Waals surface area contributed by atoms with Crippen molar-refractivity contribution in [3.63, 3.8) is 0 Å². The van der Waals surface area contributed by atoms with Crippen molar-refractivity contribution in [3.8, 4) is 11.6 Å². The molecule has 0 atom stereocenters. The average molecular weight is 257 g/mol. The van der Waals surface area contributed by atoms with E-state index in [2.05, 4.69) is 9.84 Å². The number of para-hydroxylation sites is 1. The van der Waals surface area contributed by atoms with Crippen LogP contribution in [0.4, 0.5) is 19.0 Å². The Labute approximate surface area is 101 Å². The zero-order valence-corrected chi connectivity index (χ0v) is 9.40. The van der Waals surface area contributed by atoms with Gasteiger partial charge in [-0.15, -0.1) is 5.10 Å². The number of methoxy groups -OCH3 is 1. The predicted octanol–water partition coefficient (Wildman–Crippen LogP) is 2.48. The minimum Gasteiger partial charge on any atom is -0.479 e. The smallest absolute Gasteiger partial charge is 0.425 e. The fourth-order valence-electron chi connectivity index (χ4n) is 1.59. The summed E-state index contributed by atoms with van der Waals surface area (Å²) < 4.78 is 44.1. The van der Waals surface area contributed by atoms with Crippen LogP contribution in [-0.2, 0) is 6.18 Å². The molecule has 0 unspecified atom stereocenters. The molecule has 0 spiro atoms. The topological polar surface area (TPSA) is 53.1 Å². The Bertz CT molecular complexity index is 549. The second-order valence-electron chi connectivity index (χ2n) is 3.51. The predicted molar refractivity (Wildman–Crippen MR) is 59.5 cm³/mol.